The van der Waals surface area contributed by atoms with Crippen molar-refractivity contribution < 1.29 is 0 Å². The number of halogens is 1. The fraction of sp³-hybridized carbons (Fsp3) is 0.312. The maximum Gasteiger partial charge on any atom is 0.0438 e. The lowest BCUT2D eigenvalue weighted by Crippen LogP contribution is -2.23. The number of hydrogen-bond acceptors (Lipinski definition) is 2. The smallest absolute Gasteiger partial charge is 0.0438 e. The lowest BCUT2D eigenvalue weighted by atomic mass is 10.0. The first-order valence-corrected chi connectivity index (χ1v) is 6.98. The van der Waals surface area contributed by atoms with Gasteiger partial charge < -0.3 is 5.32 Å². The average molecular weight is 275 g/mol. The lowest BCUT2D eigenvalue weighted by Gasteiger charge is -2.18. The minimum Gasteiger partial charge on any atom is -0.310 e. The van der Waals surface area contributed by atoms with Crippen LogP contribution in [0.4, 0.5) is 0 Å². The number of nitrogens with one attached hydrogen (secondary N) is 1. The number of likely N-dealkylation sites (N-methyl/N-ethyl adjacent to an activating group) is 1. The van der Waals surface area contributed by atoms with Gasteiger partial charge in [0.1, 0.15) is 0 Å². The molecule has 19 heavy (non-hydrogen) atoms. The number of hydrogen-bond donors (Lipinski definition) is 1. The molecule has 0 radical (unpaired) electrons. The molecule has 1 atom stereocenters. The summed E-state index contributed by atoms with van der Waals surface area (Å²) in [7, 11) is 0. The average Bonchev–Trinajstić information content (AvgIpc) is 2.43. The second-order valence-corrected chi connectivity index (χ2v) is 5.05. The topological polar surface area (TPSA) is 24.9 Å². The Hall–Kier alpha value is -1.38. The molecule has 3 heteroatoms. The van der Waals surface area contributed by atoms with E-state index in [1.807, 2.05) is 31.3 Å². The molecule has 0 saturated heterocycles. The third-order valence-electron chi connectivity index (χ3n) is 3.19. The van der Waals surface area contributed by atoms with Crippen molar-refractivity contribution in [2.45, 2.75) is 26.3 Å². The first kappa shape index (κ1) is 14.0. The molecule has 2 rings (SSSR count). The summed E-state index contributed by atoms with van der Waals surface area (Å²) < 4.78 is 0. The molecule has 100 valence electrons. The lowest BCUT2D eigenvalue weighted by molar-refractivity contribution is 0.544. The van der Waals surface area contributed by atoms with Crippen LogP contribution in [0, 0.1) is 6.92 Å². The van der Waals surface area contributed by atoms with Gasteiger partial charge in [-0.05, 0) is 42.8 Å². The van der Waals surface area contributed by atoms with E-state index in [-0.39, 0.29) is 6.04 Å². The summed E-state index contributed by atoms with van der Waals surface area (Å²) in [6, 6.07) is 12.5. The maximum absolute atomic E-state index is 6.22. The van der Waals surface area contributed by atoms with Crippen molar-refractivity contribution in [3.8, 4) is 0 Å². The molecule has 1 aromatic carbocycles. The van der Waals surface area contributed by atoms with Gasteiger partial charge in [-0.1, -0.05) is 36.7 Å². The van der Waals surface area contributed by atoms with Gasteiger partial charge in [-0.2, -0.15) is 0 Å². The third-order valence-corrected chi connectivity index (χ3v) is 3.60. The second-order valence-electron chi connectivity index (χ2n) is 4.64. The van der Waals surface area contributed by atoms with Crippen LogP contribution in [0.2, 0.25) is 5.02 Å². The fourth-order valence-corrected chi connectivity index (χ4v) is 2.30. The minimum atomic E-state index is 0.248. The van der Waals surface area contributed by atoms with Crippen LogP contribution in [0.5, 0.6) is 0 Å². The zero-order valence-electron chi connectivity index (χ0n) is 11.4. The van der Waals surface area contributed by atoms with Crippen LogP contribution >= 0.6 is 11.6 Å². The van der Waals surface area contributed by atoms with Crippen LogP contribution in [-0.2, 0) is 6.42 Å². The van der Waals surface area contributed by atoms with Gasteiger partial charge in [-0.3, -0.25) is 4.98 Å². The molecule has 2 aromatic rings. The van der Waals surface area contributed by atoms with Crippen molar-refractivity contribution in [1.29, 1.82) is 0 Å². The Balaban J connectivity index is 2.21. The van der Waals surface area contributed by atoms with Crippen molar-refractivity contribution >= 4 is 11.6 Å². The van der Waals surface area contributed by atoms with Crippen LogP contribution in [0.15, 0.2) is 42.6 Å². The Labute approximate surface area is 119 Å². The Kier molecular flexibility index (Phi) is 4.94. The SMILES string of the molecule is CCNC(Cc1ccccn1)c1ccc(C)c(Cl)c1. The highest BCUT2D eigenvalue weighted by Gasteiger charge is 2.12. The number of aromatic nitrogens is 1. The number of nitrogens with zero attached hydrogens (tertiary/aromatic N) is 1. The molecule has 0 fully saturated rings. The van der Waals surface area contributed by atoms with Gasteiger partial charge in [-0.25, -0.2) is 0 Å². The Morgan fingerprint density at radius 3 is 2.74 bits per heavy atom. The van der Waals surface area contributed by atoms with E-state index in [2.05, 4.69) is 35.4 Å². The minimum absolute atomic E-state index is 0.248. The van der Waals surface area contributed by atoms with E-state index in [9.17, 15) is 0 Å². The first-order chi connectivity index (χ1) is 9.20. The molecule has 1 N–H and O–H groups in total. The molecule has 1 aromatic heterocycles. The molecular formula is C16H19ClN2. The van der Waals surface area contributed by atoms with Crippen molar-refractivity contribution in [3.63, 3.8) is 0 Å². The number of rotatable bonds is 5. The van der Waals surface area contributed by atoms with E-state index in [4.69, 9.17) is 11.6 Å². The molecular weight excluding hydrogens is 256 g/mol. The van der Waals surface area contributed by atoms with Gasteiger partial charge in [0.05, 0.1) is 0 Å². The summed E-state index contributed by atoms with van der Waals surface area (Å²) in [5, 5.41) is 4.32. The van der Waals surface area contributed by atoms with E-state index in [1.165, 1.54) is 5.56 Å². The highest BCUT2D eigenvalue weighted by Crippen LogP contribution is 2.23. The normalized spacial score (nSPS) is 12.4. The van der Waals surface area contributed by atoms with E-state index < -0.39 is 0 Å². The highest BCUT2D eigenvalue weighted by atomic mass is 35.5. The number of pyridine rings is 1. The quantitative estimate of drug-likeness (QED) is 0.893. The molecule has 0 aliphatic carbocycles. The third kappa shape index (κ3) is 3.79. The molecule has 2 nitrogen and oxygen atoms in total. The van der Waals surface area contributed by atoms with Gasteiger partial charge in [-0.15, -0.1) is 0 Å². The monoisotopic (exact) mass is 274 g/mol. The second kappa shape index (κ2) is 6.69. The predicted molar refractivity (Wildman–Crippen MR) is 80.5 cm³/mol. The van der Waals surface area contributed by atoms with Crippen molar-refractivity contribution in [3.05, 3.63) is 64.4 Å². The Morgan fingerprint density at radius 1 is 1.26 bits per heavy atom. The molecule has 0 aliphatic rings. The summed E-state index contributed by atoms with van der Waals surface area (Å²) in [6.07, 6.45) is 2.70. The summed E-state index contributed by atoms with van der Waals surface area (Å²) in [6.45, 7) is 5.05. The van der Waals surface area contributed by atoms with E-state index in [0.717, 1.165) is 29.2 Å². The summed E-state index contributed by atoms with van der Waals surface area (Å²) >= 11 is 6.22. The van der Waals surface area contributed by atoms with Crippen LogP contribution in [0.3, 0.4) is 0 Å². The Bertz CT molecular complexity index is 526. The van der Waals surface area contributed by atoms with Gasteiger partial charge in [0.25, 0.3) is 0 Å². The van der Waals surface area contributed by atoms with Crippen LogP contribution in [0.1, 0.15) is 29.8 Å². The van der Waals surface area contributed by atoms with Gasteiger partial charge in [0.2, 0.25) is 0 Å². The first-order valence-electron chi connectivity index (χ1n) is 6.60. The van der Waals surface area contributed by atoms with Gasteiger partial charge in [0, 0.05) is 29.4 Å². The van der Waals surface area contributed by atoms with E-state index in [1.54, 1.807) is 0 Å². The Morgan fingerprint density at radius 2 is 2.11 bits per heavy atom. The van der Waals surface area contributed by atoms with E-state index >= 15 is 0 Å². The molecule has 0 aliphatic heterocycles. The van der Waals surface area contributed by atoms with Gasteiger partial charge >= 0.3 is 0 Å². The van der Waals surface area contributed by atoms with E-state index in [0.29, 0.717) is 0 Å². The maximum atomic E-state index is 6.22. The zero-order valence-corrected chi connectivity index (χ0v) is 12.1. The molecule has 0 saturated carbocycles. The molecule has 1 unspecified atom stereocenters. The van der Waals surface area contributed by atoms with Crippen LogP contribution < -0.4 is 5.32 Å². The number of benzene rings is 1. The predicted octanol–water partition coefficient (Wildman–Crippen LogP) is 3.94. The summed E-state index contributed by atoms with van der Waals surface area (Å²) in [4.78, 5) is 4.39. The molecule has 0 amide bonds. The van der Waals surface area contributed by atoms with Crippen molar-refractivity contribution in [1.82, 2.24) is 10.3 Å². The van der Waals surface area contributed by atoms with Crippen molar-refractivity contribution in [2.75, 3.05) is 6.54 Å². The fourth-order valence-electron chi connectivity index (χ4n) is 2.11. The van der Waals surface area contributed by atoms with Crippen LogP contribution in [-0.4, -0.2) is 11.5 Å². The van der Waals surface area contributed by atoms with Gasteiger partial charge in [0.15, 0.2) is 0 Å². The molecule has 0 spiro atoms. The number of aryl methyl sites for hydroxylation is 1. The standard InChI is InChI=1S/C16H19ClN2/c1-3-18-16(11-14-6-4-5-9-19-14)13-8-7-12(2)15(17)10-13/h4-10,16,18H,3,11H2,1-2H3. The summed E-state index contributed by atoms with van der Waals surface area (Å²) in [5.41, 5.74) is 3.41. The van der Waals surface area contributed by atoms with Crippen LogP contribution in [0.25, 0.3) is 0 Å². The van der Waals surface area contributed by atoms with Crippen molar-refractivity contribution in [2.24, 2.45) is 0 Å². The summed E-state index contributed by atoms with van der Waals surface area (Å²) in [5.74, 6) is 0. The molecule has 0 bridgehead atoms. The highest BCUT2D eigenvalue weighted by molar-refractivity contribution is 6.31. The zero-order chi connectivity index (χ0) is 13.7. The largest absolute Gasteiger partial charge is 0.310 e. The molecule has 1 heterocycles.